The molecule has 0 aliphatic rings. The minimum absolute atomic E-state index is 0.525. The van der Waals surface area contributed by atoms with Crippen LogP contribution >= 0.6 is 11.6 Å². The van der Waals surface area contributed by atoms with Crippen molar-refractivity contribution in [3.8, 4) is 11.4 Å². The molecule has 3 rings (SSSR count). The first kappa shape index (κ1) is 13.2. The Bertz CT molecular complexity index is 716. The fraction of sp³-hybridized carbons (Fsp3) is 0.235. The number of halogens is 1. The van der Waals surface area contributed by atoms with Gasteiger partial charge in [-0.15, -0.1) is 11.6 Å². The molecule has 2 nitrogen and oxygen atoms in total. The van der Waals surface area contributed by atoms with E-state index in [1.54, 1.807) is 0 Å². The molecular formula is C17H17ClN2. The van der Waals surface area contributed by atoms with Gasteiger partial charge in [-0.05, 0) is 24.1 Å². The zero-order chi connectivity index (χ0) is 13.9. The lowest BCUT2D eigenvalue weighted by atomic mass is 10.2. The molecule has 2 aromatic carbocycles. The van der Waals surface area contributed by atoms with Crippen molar-refractivity contribution < 1.29 is 0 Å². The summed E-state index contributed by atoms with van der Waals surface area (Å²) in [5.74, 6) is 1.56. The van der Waals surface area contributed by atoms with Gasteiger partial charge in [0.15, 0.2) is 0 Å². The number of hydrogen-bond acceptors (Lipinski definition) is 1. The van der Waals surface area contributed by atoms with Crippen LogP contribution in [-0.2, 0) is 12.4 Å². The van der Waals surface area contributed by atoms with Gasteiger partial charge < -0.3 is 4.57 Å². The maximum absolute atomic E-state index is 5.92. The molecule has 0 unspecified atom stereocenters. The number of fused-ring (bicyclic) bond motifs is 1. The van der Waals surface area contributed by atoms with E-state index in [-0.39, 0.29) is 0 Å². The van der Waals surface area contributed by atoms with Crippen molar-refractivity contribution in [3.05, 3.63) is 54.1 Å². The van der Waals surface area contributed by atoms with Gasteiger partial charge in [0.05, 0.1) is 11.0 Å². The number of aromatic nitrogens is 2. The summed E-state index contributed by atoms with van der Waals surface area (Å²) in [5.41, 5.74) is 4.47. The summed E-state index contributed by atoms with van der Waals surface area (Å²) in [6, 6.07) is 16.6. The van der Waals surface area contributed by atoms with Gasteiger partial charge in [0.1, 0.15) is 5.82 Å². The van der Waals surface area contributed by atoms with E-state index in [1.165, 1.54) is 5.52 Å². The number of nitrogens with zero attached hydrogens (tertiary/aromatic N) is 2. The predicted molar refractivity (Wildman–Crippen MR) is 85.0 cm³/mol. The van der Waals surface area contributed by atoms with E-state index in [2.05, 4.69) is 54.0 Å². The zero-order valence-corrected chi connectivity index (χ0v) is 12.3. The molecule has 102 valence electrons. The molecular weight excluding hydrogens is 268 g/mol. The van der Waals surface area contributed by atoms with Crippen LogP contribution in [0.2, 0.25) is 0 Å². The summed E-state index contributed by atoms with van der Waals surface area (Å²) >= 11 is 5.92. The summed E-state index contributed by atoms with van der Waals surface area (Å²) in [7, 11) is 0. The molecule has 0 saturated carbocycles. The molecule has 3 heteroatoms. The van der Waals surface area contributed by atoms with Crippen molar-refractivity contribution in [2.45, 2.75) is 25.8 Å². The predicted octanol–water partition coefficient (Wildman–Crippen LogP) is 4.85. The highest BCUT2D eigenvalue weighted by Crippen LogP contribution is 2.26. The molecule has 0 N–H and O–H groups in total. The Morgan fingerprint density at radius 1 is 1.10 bits per heavy atom. The third-order valence-corrected chi connectivity index (χ3v) is 3.75. The van der Waals surface area contributed by atoms with Gasteiger partial charge in [-0.1, -0.05) is 43.3 Å². The van der Waals surface area contributed by atoms with Gasteiger partial charge in [-0.3, -0.25) is 0 Å². The summed E-state index contributed by atoms with van der Waals surface area (Å²) < 4.78 is 2.29. The van der Waals surface area contributed by atoms with Crippen molar-refractivity contribution >= 4 is 22.6 Å². The van der Waals surface area contributed by atoms with Gasteiger partial charge in [0.2, 0.25) is 0 Å². The van der Waals surface area contributed by atoms with Crippen LogP contribution in [0.5, 0.6) is 0 Å². The van der Waals surface area contributed by atoms with Crippen molar-refractivity contribution in [1.29, 1.82) is 0 Å². The second-order valence-corrected chi connectivity index (χ2v) is 5.18. The summed E-state index contributed by atoms with van der Waals surface area (Å²) in [6.07, 6.45) is 1.09. The lowest BCUT2D eigenvalue weighted by molar-refractivity contribution is 0.704. The molecule has 0 bridgehead atoms. The van der Waals surface area contributed by atoms with Gasteiger partial charge in [0.25, 0.3) is 0 Å². The van der Waals surface area contributed by atoms with E-state index in [4.69, 9.17) is 16.6 Å². The maximum Gasteiger partial charge on any atom is 0.141 e. The molecule has 1 aromatic heterocycles. The fourth-order valence-corrected chi connectivity index (χ4v) is 2.68. The van der Waals surface area contributed by atoms with Crippen LogP contribution in [0.4, 0.5) is 0 Å². The number of aryl methyl sites for hydroxylation is 1. The van der Waals surface area contributed by atoms with E-state index in [9.17, 15) is 0 Å². The average molecular weight is 285 g/mol. The Morgan fingerprint density at radius 2 is 1.90 bits per heavy atom. The highest BCUT2D eigenvalue weighted by Gasteiger charge is 2.12. The Morgan fingerprint density at radius 3 is 2.60 bits per heavy atom. The molecule has 0 radical (unpaired) electrons. The first-order valence-electron chi connectivity index (χ1n) is 6.94. The number of hydrogen-bond donors (Lipinski definition) is 0. The zero-order valence-electron chi connectivity index (χ0n) is 11.5. The summed E-state index contributed by atoms with van der Waals surface area (Å²) in [5, 5.41) is 0. The lowest BCUT2D eigenvalue weighted by Gasteiger charge is -2.07. The number of benzene rings is 2. The van der Waals surface area contributed by atoms with Crippen LogP contribution in [0.25, 0.3) is 22.4 Å². The van der Waals surface area contributed by atoms with Gasteiger partial charge in [0, 0.05) is 18.0 Å². The average Bonchev–Trinajstić information content (AvgIpc) is 2.86. The molecule has 20 heavy (non-hydrogen) atoms. The summed E-state index contributed by atoms with van der Waals surface area (Å²) in [6.45, 7) is 3.16. The highest BCUT2D eigenvalue weighted by molar-refractivity contribution is 6.17. The molecule has 3 aromatic rings. The minimum Gasteiger partial charge on any atom is -0.324 e. The largest absolute Gasteiger partial charge is 0.324 e. The smallest absolute Gasteiger partial charge is 0.141 e. The van der Waals surface area contributed by atoms with Gasteiger partial charge >= 0.3 is 0 Å². The maximum atomic E-state index is 5.92. The number of imidazole rings is 1. The van der Waals surface area contributed by atoms with E-state index in [1.807, 2.05) is 6.07 Å². The summed E-state index contributed by atoms with van der Waals surface area (Å²) in [4.78, 5) is 4.81. The standard InChI is InChI=1S/C17H17ClN2/c1-2-10-20-16-9-8-13(12-18)11-15(16)19-17(20)14-6-4-3-5-7-14/h3-9,11H,2,10,12H2,1H3. The molecule has 0 spiro atoms. The monoisotopic (exact) mass is 284 g/mol. The van der Waals surface area contributed by atoms with E-state index < -0.39 is 0 Å². The second kappa shape index (κ2) is 5.68. The van der Waals surface area contributed by atoms with Crippen LogP contribution in [0.1, 0.15) is 18.9 Å². The van der Waals surface area contributed by atoms with Crippen LogP contribution in [0.15, 0.2) is 48.5 Å². The second-order valence-electron chi connectivity index (χ2n) is 4.91. The number of alkyl halides is 1. The topological polar surface area (TPSA) is 17.8 Å². The normalized spacial score (nSPS) is 11.1. The van der Waals surface area contributed by atoms with Crippen LogP contribution in [0, 0.1) is 0 Å². The van der Waals surface area contributed by atoms with E-state index in [0.29, 0.717) is 5.88 Å². The Kier molecular flexibility index (Phi) is 3.75. The van der Waals surface area contributed by atoms with E-state index in [0.717, 1.165) is 35.4 Å². The van der Waals surface area contributed by atoms with Crippen LogP contribution < -0.4 is 0 Å². The Hall–Kier alpha value is -1.80. The van der Waals surface area contributed by atoms with Crippen molar-refractivity contribution in [3.63, 3.8) is 0 Å². The van der Waals surface area contributed by atoms with Crippen LogP contribution in [0.3, 0.4) is 0 Å². The van der Waals surface area contributed by atoms with Crippen molar-refractivity contribution in [2.24, 2.45) is 0 Å². The molecule has 0 fully saturated rings. The Labute approximate surface area is 124 Å². The minimum atomic E-state index is 0.525. The Balaban J connectivity index is 2.22. The van der Waals surface area contributed by atoms with Crippen molar-refractivity contribution in [2.75, 3.05) is 0 Å². The van der Waals surface area contributed by atoms with Gasteiger partial charge in [-0.25, -0.2) is 4.98 Å². The molecule has 0 atom stereocenters. The van der Waals surface area contributed by atoms with Crippen molar-refractivity contribution in [1.82, 2.24) is 9.55 Å². The third kappa shape index (κ3) is 2.32. The third-order valence-electron chi connectivity index (χ3n) is 3.45. The van der Waals surface area contributed by atoms with Crippen LogP contribution in [-0.4, -0.2) is 9.55 Å². The fourth-order valence-electron chi connectivity index (χ4n) is 2.52. The first-order valence-corrected chi connectivity index (χ1v) is 7.47. The molecule has 0 aliphatic heterocycles. The lowest BCUT2D eigenvalue weighted by Crippen LogP contribution is -1.99. The van der Waals surface area contributed by atoms with E-state index >= 15 is 0 Å². The molecule has 0 saturated heterocycles. The SMILES string of the molecule is CCCn1c(-c2ccccc2)nc2cc(CCl)ccc21. The number of rotatable bonds is 4. The molecule has 0 aliphatic carbocycles. The molecule has 1 heterocycles. The molecule has 0 amide bonds. The quantitative estimate of drug-likeness (QED) is 0.626. The van der Waals surface area contributed by atoms with Gasteiger partial charge in [-0.2, -0.15) is 0 Å². The first-order chi connectivity index (χ1) is 9.83. The highest BCUT2D eigenvalue weighted by atomic mass is 35.5.